The molecule has 0 aliphatic rings. The minimum atomic E-state index is -1.57. The summed E-state index contributed by atoms with van der Waals surface area (Å²) in [7, 11) is -1.57. The van der Waals surface area contributed by atoms with Crippen molar-refractivity contribution in [1.29, 1.82) is 0 Å². The van der Waals surface area contributed by atoms with Crippen LogP contribution in [0.15, 0.2) is 41.0 Å². The summed E-state index contributed by atoms with van der Waals surface area (Å²) in [5, 5.41) is 19.0. The summed E-state index contributed by atoms with van der Waals surface area (Å²) in [4.78, 5) is 38.6. The average molecular weight is 756 g/mol. The molecular formula is C26H20BBrCl6N4O4. The summed E-state index contributed by atoms with van der Waals surface area (Å²) >= 11 is 38.1. The van der Waals surface area contributed by atoms with E-state index in [0.717, 1.165) is 0 Å². The lowest BCUT2D eigenvalue weighted by Gasteiger charge is -2.10. The number of rotatable bonds is 4. The van der Waals surface area contributed by atoms with Crippen LogP contribution in [0, 0.1) is 13.8 Å². The standard InChI is InChI=1S/C13H9Cl3N2O.C7H6BrClN2O.C6H5BCl2O2/c1-6-11(8-4-3-5-9(14)10(8)15)18-12(7(2)19)13(16)17-6;1-3-6(8)11-5(4(2)12)7(9)10-3;8-5-3-1-2-4(6(5)9)7(10)11/h3-5H,1-2H3;1-2H3;1-3,10-11H. The monoisotopic (exact) mass is 752 g/mol. The van der Waals surface area contributed by atoms with Crippen molar-refractivity contribution in [2.45, 2.75) is 27.7 Å². The first-order chi connectivity index (χ1) is 19.6. The lowest BCUT2D eigenvalue weighted by atomic mass is 9.80. The number of benzene rings is 2. The van der Waals surface area contributed by atoms with Crippen molar-refractivity contribution in [2.75, 3.05) is 0 Å². The summed E-state index contributed by atoms with van der Waals surface area (Å²) in [5.74, 6) is -0.440. The maximum absolute atomic E-state index is 11.5. The van der Waals surface area contributed by atoms with Crippen LogP contribution >= 0.6 is 85.5 Å². The predicted molar refractivity (Wildman–Crippen MR) is 173 cm³/mol. The molecule has 2 heterocycles. The fourth-order valence-electron chi connectivity index (χ4n) is 3.07. The van der Waals surface area contributed by atoms with Gasteiger partial charge in [0.1, 0.15) is 16.0 Å². The molecule has 0 aliphatic carbocycles. The van der Waals surface area contributed by atoms with Gasteiger partial charge in [0.05, 0.1) is 37.2 Å². The van der Waals surface area contributed by atoms with E-state index in [4.69, 9.17) is 79.7 Å². The van der Waals surface area contributed by atoms with E-state index in [-0.39, 0.29) is 43.7 Å². The highest BCUT2D eigenvalue weighted by Crippen LogP contribution is 2.34. The molecule has 0 spiro atoms. The van der Waals surface area contributed by atoms with Crippen LogP contribution in [-0.4, -0.2) is 48.7 Å². The molecule has 220 valence electrons. The maximum Gasteiger partial charge on any atom is 0.490 e. The summed E-state index contributed by atoms with van der Waals surface area (Å²) in [6, 6.07) is 9.88. The van der Waals surface area contributed by atoms with E-state index in [1.165, 1.54) is 19.9 Å². The third kappa shape index (κ3) is 9.57. The Morgan fingerprint density at radius 1 is 0.714 bits per heavy atom. The fraction of sp³-hybridized carbons (Fsp3) is 0.154. The molecule has 0 atom stereocenters. The van der Waals surface area contributed by atoms with Crippen molar-refractivity contribution in [3.05, 3.63) is 94.2 Å². The highest BCUT2D eigenvalue weighted by Gasteiger charge is 2.18. The predicted octanol–water partition coefficient (Wildman–Crippen LogP) is 7.69. The third-order valence-corrected chi connectivity index (χ3v) is 8.06. The van der Waals surface area contributed by atoms with Gasteiger partial charge in [0.2, 0.25) is 0 Å². The van der Waals surface area contributed by atoms with Crippen LogP contribution < -0.4 is 5.46 Å². The first-order valence-electron chi connectivity index (χ1n) is 11.6. The molecule has 42 heavy (non-hydrogen) atoms. The Labute approximate surface area is 280 Å². The number of carbonyl (C=O) groups excluding carboxylic acids is 2. The Morgan fingerprint density at radius 3 is 1.69 bits per heavy atom. The Hall–Kier alpha value is -1.86. The van der Waals surface area contributed by atoms with E-state index in [2.05, 4.69) is 35.9 Å². The van der Waals surface area contributed by atoms with Gasteiger partial charge in [-0.25, -0.2) is 19.9 Å². The molecule has 0 aliphatic heterocycles. The first kappa shape index (κ1) is 36.3. The summed E-state index contributed by atoms with van der Waals surface area (Å²) in [6.07, 6.45) is 0. The van der Waals surface area contributed by atoms with E-state index in [1.807, 2.05) is 0 Å². The second-order valence-corrected chi connectivity index (χ2v) is 11.3. The van der Waals surface area contributed by atoms with Crippen LogP contribution in [0.25, 0.3) is 11.3 Å². The summed E-state index contributed by atoms with van der Waals surface area (Å²) in [5.41, 5.74) is 2.93. The van der Waals surface area contributed by atoms with E-state index >= 15 is 0 Å². The number of aryl methyl sites for hydroxylation is 2. The van der Waals surface area contributed by atoms with Crippen LogP contribution in [0.5, 0.6) is 0 Å². The molecule has 4 rings (SSSR count). The van der Waals surface area contributed by atoms with Gasteiger partial charge in [0.15, 0.2) is 21.9 Å². The van der Waals surface area contributed by atoms with Crippen molar-refractivity contribution in [3.8, 4) is 11.3 Å². The van der Waals surface area contributed by atoms with E-state index < -0.39 is 7.12 Å². The zero-order valence-corrected chi connectivity index (χ0v) is 28.3. The van der Waals surface area contributed by atoms with Gasteiger partial charge in [-0.15, -0.1) is 0 Å². The highest BCUT2D eigenvalue weighted by molar-refractivity contribution is 9.10. The summed E-state index contributed by atoms with van der Waals surface area (Å²) < 4.78 is 0.553. The van der Waals surface area contributed by atoms with Crippen molar-refractivity contribution in [1.82, 2.24) is 19.9 Å². The molecule has 0 unspecified atom stereocenters. The van der Waals surface area contributed by atoms with Crippen molar-refractivity contribution >= 4 is 110 Å². The zero-order valence-electron chi connectivity index (χ0n) is 22.2. The van der Waals surface area contributed by atoms with Gasteiger partial charge in [0.25, 0.3) is 0 Å². The smallest absolute Gasteiger partial charge is 0.423 e. The van der Waals surface area contributed by atoms with Crippen LogP contribution in [0.3, 0.4) is 0 Å². The minimum absolute atomic E-state index is 0.0897. The molecule has 8 nitrogen and oxygen atoms in total. The van der Waals surface area contributed by atoms with Crippen LogP contribution in [0.4, 0.5) is 0 Å². The topological polar surface area (TPSA) is 126 Å². The third-order valence-electron chi connectivity index (χ3n) is 5.13. The van der Waals surface area contributed by atoms with Crippen molar-refractivity contribution in [2.24, 2.45) is 0 Å². The maximum atomic E-state index is 11.5. The normalized spacial score (nSPS) is 10.2. The van der Waals surface area contributed by atoms with Crippen LogP contribution in [0.1, 0.15) is 46.2 Å². The molecule has 0 amide bonds. The molecular weight excluding hydrogens is 736 g/mol. The second kappa shape index (κ2) is 16.3. The molecule has 0 fully saturated rings. The number of halogens is 7. The number of Topliss-reactive ketones (excluding diaryl/α,β-unsaturated/α-hetero) is 2. The minimum Gasteiger partial charge on any atom is -0.423 e. The van der Waals surface area contributed by atoms with Gasteiger partial charge in [-0.1, -0.05) is 93.9 Å². The van der Waals surface area contributed by atoms with Gasteiger partial charge in [-0.2, -0.15) is 0 Å². The quantitative estimate of drug-likeness (QED) is 0.161. The van der Waals surface area contributed by atoms with Crippen LogP contribution in [-0.2, 0) is 0 Å². The number of ketones is 2. The number of carbonyl (C=O) groups is 2. The van der Waals surface area contributed by atoms with Gasteiger partial charge in [-0.3, -0.25) is 9.59 Å². The molecule has 16 heteroatoms. The molecule has 0 saturated heterocycles. The molecule has 0 saturated carbocycles. The number of hydrogen-bond donors (Lipinski definition) is 2. The molecule has 4 aromatic rings. The average Bonchev–Trinajstić information content (AvgIpc) is 2.90. The largest absolute Gasteiger partial charge is 0.490 e. The van der Waals surface area contributed by atoms with E-state index in [1.54, 1.807) is 44.2 Å². The van der Waals surface area contributed by atoms with Gasteiger partial charge >= 0.3 is 7.12 Å². The van der Waals surface area contributed by atoms with E-state index in [0.29, 0.717) is 42.3 Å². The fourth-order valence-corrected chi connectivity index (χ4v) is 4.74. The van der Waals surface area contributed by atoms with Gasteiger partial charge < -0.3 is 10.0 Å². The molecule has 2 aromatic carbocycles. The molecule has 2 aromatic heterocycles. The Kier molecular flexibility index (Phi) is 14.1. The Balaban J connectivity index is 0.000000233. The van der Waals surface area contributed by atoms with Gasteiger partial charge in [-0.05, 0) is 41.9 Å². The molecule has 0 radical (unpaired) electrons. The van der Waals surface area contributed by atoms with Crippen molar-refractivity contribution in [3.63, 3.8) is 0 Å². The second-order valence-electron chi connectivity index (χ2n) is 8.27. The number of aromatic nitrogens is 4. The van der Waals surface area contributed by atoms with E-state index in [9.17, 15) is 9.59 Å². The molecule has 0 bridgehead atoms. The first-order valence-corrected chi connectivity index (χ1v) is 14.6. The van der Waals surface area contributed by atoms with Crippen molar-refractivity contribution < 1.29 is 19.6 Å². The Bertz CT molecular complexity index is 1650. The van der Waals surface area contributed by atoms with Gasteiger partial charge in [0, 0.05) is 24.9 Å². The number of hydrogen-bond acceptors (Lipinski definition) is 8. The lowest BCUT2D eigenvalue weighted by molar-refractivity contribution is 0.1000. The molecule has 2 N–H and O–H groups in total. The highest BCUT2D eigenvalue weighted by atomic mass is 79.9. The zero-order chi connectivity index (χ0) is 31.9. The summed E-state index contributed by atoms with van der Waals surface area (Å²) in [6.45, 7) is 6.29. The van der Waals surface area contributed by atoms with Crippen LogP contribution in [0.2, 0.25) is 30.4 Å². The Morgan fingerprint density at radius 2 is 1.19 bits per heavy atom. The number of nitrogens with zero attached hydrogens (tertiary/aromatic N) is 4. The lowest BCUT2D eigenvalue weighted by Crippen LogP contribution is -2.30. The SMILES string of the molecule is CC(=O)c1nc(-c2cccc(Cl)c2Cl)c(C)nc1Cl.CC(=O)c1nc(Br)c(C)nc1Cl.OB(O)c1cccc(Cl)c1Cl.